The molecule has 1 unspecified atom stereocenters. The van der Waals surface area contributed by atoms with Crippen LogP contribution in [0.15, 0.2) is 34.9 Å². The maximum absolute atomic E-state index is 12.9. The first-order valence-corrected chi connectivity index (χ1v) is 7.41. The van der Waals surface area contributed by atoms with Crippen LogP contribution in [-0.4, -0.2) is 30.5 Å². The monoisotopic (exact) mass is 304 g/mol. The normalized spacial score (nSPS) is 15.5. The molecule has 5 nitrogen and oxygen atoms in total. The van der Waals surface area contributed by atoms with Gasteiger partial charge in [-0.05, 0) is 37.1 Å². The van der Waals surface area contributed by atoms with Crippen molar-refractivity contribution < 1.29 is 18.5 Å². The summed E-state index contributed by atoms with van der Waals surface area (Å²) in [5.74, 6) is 0.945. The molecule has 0 aliphatic heterocycles. The molecule has 6 heteroatoms. The molecule has 1 aliphatic carbocycles. The minimum atomic E-state index is -0.283. The number of aromatic nitrogens is 1. The van der Waals surface area contributed by atoms with E-state index >= 15 is 0 Å². The highest BCUT2D eigenvalue weighted by Crippen LogP contribution is 2.20. The smallest absolute Gasteiger partial charge is 0.275 e. The van der Waals surface area contributed by atoms with Crippen LogP contribution in [0.3, 0.4) is 0 Å². The van der Waals surface area contributed by atoms with Gasteiger partial charge in [-0.2, -0.15) is 0 Å². The highest BCUT2D eigenvalue weighted by atomic mass is 19.1. The molecule has 0 spiro atoms. The largest absolute Gasteiger partial charge is 0.435 e. The second kappa shape index (κ2) is 6.27. The van der Waals surface area contributed by atoms with Gasteiger partial charge in [0.05, 0.1) is 13.2 Å². The van der Waals surface area contributed by atoms with Crippen molar-refractivity contribution in [1.82, 2.24) is 10.3 Å². The van der Waals surface area contributed by atoms with Gasteiger partial charge in [0.25, 0.3) is 11.8 Å². The van der Waals surface area contributed by atoms with Gasteiger partial charge in [-0.3, -0.25) is 4.79 Å². The van der Waals surface area contributed by atoms with Gasteiger partial charge in [-0.15, -0.1) is 0 Å². The summed E-state index contributed by atoms with van der Waals surface area (Å²) in [6, 6.07) is 6.46. The third-order valence-electron chi connectivity index (χ3n) is 3.54. The summed E-state index contributed by atoms with van der Waals surface area (Å²) in [4.78, 5) is 17.0. The Labute approximate surface area is 128 Å². The van der Waals surface area contributed by atoms with E-state index < -0.39 is 0 Å². The molecule has 0 saturated heterocycles. The van der Waals surface area contributed by atoms with Crippen LogP contribution in [0.1, 0.15) is 18.7 Å². The summed E-state index contributed by atoms with van der Waals surface area (Å²) in [5, 5.41) is 2.96. The van der Waals surface area contributed by atoms with E-state index in [1.165, 1.54) is 12.1 Å². The number of carbonyl (C=O) groups is 1. The van der Waals surface area contributed by atoms with Crippen molar-refractivity contribution in [2.45, 2.75) is 25.4 Å². The maximum Gasteiger partial charge on any atom is 0.275 e. The molecule has 0 bridgehead atoms. The molecule has 1 fully saturated rings. The number of quaternary nitrogens is 1. The number of nitrogens with zero attached hydrogens (tertiary/aromatic N) is 1. The zero-order chi connectivity index (χ0) is 15.5. The van der Waals surface area contributed by atoms with E-state index in [1.54, 1.807) is 18.3 Å². The Morgan fingerprint density at radius 1 is 1.41 bits per heavy atom. The number of hydrogen-bond donors (Lipinski definition) is 2. The summed E-state index contributed by atoms with van der Waals surface area (Å²) in [6.07, 6.45) is 3.80. The standard InChI is InChI=1S/C16H18FN3O2/c1-20(9-15(21)19-13-6-7-13)10-16-18-8-14(22-16)11-2-4-12(17)5-3-11/h2-5,8,13H,6-7,9-10H2,1H3,(H,19,21)/p+1. The van der Waals surface area contributed by atoms with Crippen molar-refractivity contribution >= 4 is 5.91 Å². The maximum atomic E-state index is 12.9. The highest BCUT2D eigenvalue weighted by Gasteiger charge is 2.24. The number of benzene rings is 1. The molecule has 116 valence electrons. The van der Waals surface area contributed by atoms with Crippen molar-refractivity contribution in [1.29, 1.82) is 0 Å². The number of nitrogens with one attached hydrogen (secondary N) is 2. The van der Waals surface area contributed by atoms with Crippen LogP contribution in [-0.2, 0) is 11.3 Å². The average Bonchev–Trinajstić information content (AvgIpc) is 3.16. The third kappa shape index (κ3) is 3.92. The number of amides is 1. The number of likely N-dealkylation sites (N-methyl/N-ethyl adjacent to an activating group) is 1. The molecule has 0 radical (unpaired) electrons. The second-order valence-electron chi connectivity index (χ2n) is 5.78. The molecule has 1 heterocycles. The molecule has 22 heavy (non-hydrogen) atoms. The van der Waals surface area contributed by atoms with Crippen molar-refractivity contribution in [3.05, 3.63) is 42.2 Å². The van der Waals surface area contributed by atoms with Gasteiger partial charge in [0.15, 0.2) is 18.8 Å². The van der Waals surface area contributed by atoms with Crippen LogP contribution in [0.25, 0.3) is 11.3 Å². The minimum Gasteiger partial charge on any atom is -0.435 e. The first-order valence-electron chi connectivity index (χ1n) is 7.41. The minimum absolute atomic E-state index is 0.0605. The highest BCUT2D eigenvalue weighted by molar-refractivity contribution is 5.77. The molecule has 1 aromatic carbocycles. The Morgan fingerprint density at radius 3 is 2.82 bits per heavy atom. The van der Waals surface area contributed by atoms with Crippen LogP contribution in [0.4, 0.5) is 4.39 Å². The summed E-state index contributed by atoms with van der Waals surface area (Å²) in [7, 11) is 1.92. The molecule has 1 amide bonds. The summed E-state index contributed by atoms with van der Waals surface area (Å²) in [5.41, 5.74) is 0.782. The number of oxazole rings is 1. The third-order valence-corrected chi connectivity index (χ3v) is 3.54. The topological polar surface area (TPSA) is 59.6 Å². The molecule has 1 aliphatic rings. The average molecular weight is 304 g/mol. The second-order valence-corrected chi connectivity index (χ2v) is 5.78. The first kappa shape index (κ1) is 14.7. The molecule has 2 N–H and O–H groups in total. The van der Waals surface area contributed by atoms with Crippen molar-refractivity contribution in [2.24, 2.45) is 0 Å². The summed E-state index contributed by atoms with van der Waals surface area (Å²) >= 11 is 0. The summed E-state index contributed by atoms with van der Waals surface area (Å²) in [6.45, 7) is 0.921. The quantitative estimate of drug-likeness (QED) is 0.829. The van der Waals surface area contributed by atoms with E-state index in [0.29, 0.717) is 30.8 Å². The SMILES string of the molecule is C[NH+](CC(=O)NC1CC1)Cc1ncc(-c2ccc(F)cc2)o1. The fraction of sp³-hybridized carbons (Fsp3) is 0.375. The number of rotatable bonds is 6. The Kier molecular flexibility index (Phi) is 4.20. The zero-order valence-electron chi connectivity index (χ0n) is 12.4. The molecule has 1 saturated carbocycles. The molecule has 1 aromatic heterocycles. The lowest BCUT2D eigenvalue weighted by Crippen LogP contribution is -3.09. The van der Waals surface area contributed by atoms with E-state index in [0.717, 1.165) is 23.3 Å². The fourth-order valence-electron chi connectivity index (χ4n) is 2.24. The van der Waals surface area contributed by atoms with Gasteiger partial charge in [-0.1, -0.05) is 0 Å². The molecular formula is C16H19FN3O2+. The van der Waals surface area contributed by atoms with Gasteiger partial charge in [0.1, 0.15) is 5.82 Å². The van der Waals surface area contributed by atoms with Gasteiger partial charge >= 0.3 is 0 Å². The Balaban J connectivity index is 1.56. The predicted molar refractivity (Wildman–Crippen MR) is 78.5 cm³/mol. The van der Waals surface area contributed by atoms with E-state index in [2.05, 4.69) is 10.3 Å². The van der Waals surface area contributed by atoms with E-state index in [1.807, 2.05) is 7.05 Å². The molecule has 2 aromatic rings. The van der Waals surface area contributed by atoms with E-state index in [9.17, 15) is 9.18 Å². The Hall–Kier alpha value is -2.21. The Morgan fingerprint density at radius 2 is 2.14 bits per heavy atom. The molecule has 1 atom stereocenters. The van der Waals surface area contributed by atoms with Crippen LogP contribution < -0.4 is 10.2 Å². The van der Waals surface area contributed by atoms with Gasteiger partial charge in [-0.25, -0.2) is 9.37 Å². The first-order chi connectivity index (χ1) is 10.6. The van der Waals surface area contributed by atoms with Crippen LogP contribution >= 0.6 is 0 Å². The van der Waals surface area contributed by atoms with E-state index in [4.69, 9.17) is 4.42 Å². The van der Waals surface area contributed by atoms with Crippen molar-refractivity contribution in [3.8, 4) is 11.3 Å². The van der Waals surface area contributed by atoms with Crippen LogP contribution in [0, 0.1) is 5.82 Å². The fourth-order valence-corrected chi connectivity index (χ4v) is 2.24. The van der Waals surface area contributed by atoms with Crippen LogP contribution in [0.5, 0.6) is 0 Å². The number of halogens is 1. The Bertz CT molecular complexity index is 650. The lowest BCUT2D eigenvalue weighted by molar-refractivity contribution is -0.886. The van der Waals surface area contributed by atoms with Crippen molar-refractivity contribution in [3.63, 3.8) is 0 Å². The van der Waals surface area contributed by atoms with Crippen molar-refractivity contribution in [2.75, 3.05) is 13.6 Å². The van der Waals surface area contributed by atoms with Gasteiger partial charge in [0, 0.05) is 11.6 Å². The zero-order valence-corrected chi connectivity index (χ0v) is 12.4. The summed E-state index contributed by atoms with van der Waals surface area (Å²) < 4.78 is 18.6. The number of hydrogen-bond acceptors (Lipinski definition) is 3. The predicted octanol–water partition coefficient (Wildman–Crippen LogP) is 0.774. The van der Waals surface area contributed by atoms with E-state index in [-0.39, 0.29) is 11.7 Å². The lowest BCUT2D eigenvalue weighted by Gasteiger charge is -2.11. The van der Waals surface area contributed by atoms with Gasteiger partial charge in [0.2, 0.25) is 0 Å². The molecular weight excluding hydrogens is 285 g/mol. The molecule has 3 rings (SSSR count). The van der Waals surface area contributed by atoms with Crippen LogP contribution in [0.2, 0.25) is 0 Å². The lowest BCUT2D eigenvalue weighted by atomic mass is 10.2. The number of carbonyl (C=O) groups excluding carboxylic acids is 1. The van der Waals surface area contributed by atoms with Gasteiger partial charge < -0.3 is 14.6 Å².